The van der Waals surface area contributed by atoms with Gasteiger partial charge < -0.3 is 10.2 Å². The van der Waals surface area contributed by atoms with Crippen molar-refractivity contribution in [1.29, 1.82) is 0 Å². The number of rotatable bonds is 14. The minimum Gasteiger partial charge on any atom is -0.354 e. The number of thiol groups is 1. The van der Waals surface area contributed by atoms with Crippen molar-refractivity contribution >= 4 is 24.4 Å². The summed E-state index contributed by atoms with van der Waals surface area (Å²) in [4.78, 5) is 27.9. The molecule has 0 aliphatic rings. The molecule has 1 atom stereocenters. The van der Waals surface area contributed by atoms with Gasteiger partial charge in [0.25, 0.3) is 0 Å². The molecule has 0 aliphatic heterocycles. The van der Waals surface area contributed by atoms with E-state index in [1.165, 1.54) is 0 Å². The Morgan fingerprint density at radius 1 is 1.00 bits per heavy atom. The van der Waals surface area contributed by atoms with E-state index in [1.807, 2.05) is 55.1 Å². The minimum absolute atomic E-state index is 0.00764. The fraction of sp³-hybridized carbons (Fsp3) is 0.483. The fourth-order valence-corrected chi connectivity index (χ4v) is 4.99. The quantitative estimate of drug-likeness (QED) is 0.251. The number of hydrogen-bond acceptors (Lipinski definition) is 6. The van der Waals surface area contributed by atoms with Gasteiger partial charge in [0.2, 0.25) is 17.6 Å². The van der Waals surface area contributed by atoms with Crippen LogP contribution in [0.1, 0.15) is 52.5 Å². The Morgan fingerprint density at radius 2 is 1.68 bits per heavy atom. The highest BCUT2D eigenvalue weighted by Crippen LogP contribution is 2.30. The van der Waals surface area contributed by atoms with Gasteiger partial charge >= 0.3 is 0 Å². The van der Waals surface area contributed by atoms with Crippen LogP contribution in [0.2, 0.25) is 0 Å². The first kappa shape index (κ1) is 29.4. The second-order valence-electron chi connectivity index (χ2n) is 10.1. The largest absolute Gasteiger partial charge is 0.354 e. The molecule has 0 bridgehead atoms. The zero-order valence-electron chi connectivity index (χ0n) is 22.9. The predicted octanol–water partition coefficient (Wildman–Crippen LogP) is 5.01. The Balaban J connectivity index is 1.73. The first-order chi connectivity index (χ1) is 18.4. The van der Waals surface area contributed by atoms with Crippen molar-refractivity contribution < 1.29 is 9.59 Å². The number of carbonyl (C=O) groups excluding carboxylic acids is 2. The normalized spacial score (nSPS) is 12.1. The van der Waals surface area contributed by atoms with Gasteiger partial charge in [-0.1, -0.05) is 76.2 Å². The van der Waals surface area contributed by atoms with Gasteiger partial charge in [-0.2, -0.15) is 17.8 Å². The molecule has 8 nitrogen and oxygen atoms in total. The molecule has 38 heavy (non-hydrogen) atoms. The van der Waals surface area contributed by atoms with E-state index < -0.39 is 0 Å². The van der Waals surface area contributed by atoms with Crippen LogP contribution >= 0.6 is 12.6 Å². The van der Waals surface area contributed by atoms with Crippen LogP contribution in [0.5, 0.6) is 0 Å². The molecule has 0 saturated carbocycles. The number of hydrogen-bond donors (Lipinski definition) is 3. The molecular formula is C29H40N6O2S. The highest BCUT2D eigenvalue weighted by Gasteiger charge is 2.23. The standard InChI is InChI=1S/C29H40N6O2S/c1-5-22(6-2)29(37)35(16-15-30-28(36)24(19-38)17-20(3)4)18-21-11-13-23(14-12-21)25-9-7-8-10-26(25)27-31-33-34-32-27/h7-14,20,22,24,38H,5-6,15-19H2,1-4H3,(H,30,36)(H,31,32,33,34). The second-order valence-corrected chi connectivity index (χ2v) is 10.4. The summed E-state index contributed by atoms with van der Waals surface area (Å²) in [7, 11) is 0. The molecule has 3 aromatic rings. The first-order valence-electron chi connectivity index (χ1n) is 13.5. The Labute approximate surface area is 231 Å². The molecule has 2 aromatic carbocycles. The lowest BCUT2D eigenvalue weighted by Crippen LogP contribution is -2.42. The molecule has 204 valence electrons. The molecule has 3 rings (SSSR count). The Kier molecular flexibility index (Phi) is 11.3. The third kappa shape index (κ3) is 7.90. The number of aromatic nitrogens is 4. The van der Waals surface area contributed by atoms with Crippen molar-refractivity contribution in [2.24, 2.45) is 17.8 Å². The van der Waals surface area contributed by atoms with Crippen molar-refractivity contribution in [3.63, 3.8) is 0 Å². The number of tetrazole rings is 1. The van der Waals surface area contributed by atoms with Crippen molar-refractivity contribution in [1.82, 2.24) is 30.8 Å². The third-order valence-corrected chi connectivity index (χ3v) is 7.27. The number of nitrogens with zero attached hydrogens (tertiary/aromatic N) is 4. The van der Waals surface area contributed by atoms with E-state index >= 15 is 0 Å². The van der Waals surface area contributed by atoms with Crippen LogP contribution in [0.25, 0.3) is 22.5 Å². The van der Waals surface area contributed by atoms with Gasteiger partial charge in [-0.15, -0.1) is 10.2 Å². The third-order valence-electron chi connectivity index (χ3n) is 6.83. The molecule has 9 heteroatoms. The molecule has 0 saturated heterocycles. The number of nitrogens with one attached hydrogen (secondary N) is 2. The summed E-state index contributed by atoms with van der Waals surface area (Å²) in [6, 6.07) is 16.1. The maximum atomic E-state index is 13.4. The molecule has 0 aliphatic carbocycles. The average molecular weight is 537 g/mol. The Bertz CT molecular complexity index is 1150. The van der Waals surface area contributed by atoms with Gasteiger partial charge in [-0.3, -0.25) is 9.59 Å². The first-order valence-corrected chi connectivity index (χ1v) is 14.1. The summed E-state index contributed by atoms with van der Waals surface area (Å²) in [6.07, 6.45) is 2.38. The summed E-state index contributed by atoms with van der Waals surface area (Å²) < 4.78 is 0. The van der Waals surface area contributed by atoms with E-state index in [9.17, 15) is 9.59 Å². The summed E-state index contributed by atoms with van der Waals surface area (Å²) in [6.45, 7) is 9.67. The van der Waals surface area contributed by atoms with Crippen molar-refractivity contribution in [3.05, 3.63) is 54.1 Å². The van der Waals surface area contributed by atoms with Crippen LogP contribution in [-0.2, 0) is 16.1 Å². The highest BCUT2D eigenvalue weighted by atomic mass is 32.1. The molecule has 2 amide bonds. The number of aromatic amines is 1. The SMILES string of the molecule is CCC(CC)C(=O)N(CCNC(=O)C(CS)CC(C)C)Cc1ccc(-c2ccccc2-c2nn[nH]n2)cc1. The number of amides is 2. The number of benzene rings is 2. The van der Waals surface area contributed by atoms with Gasteiger partial charge in [0.15, 0.2) is 0 Å². The van der Waals surface area contributed by atoms with Gasteiger partial charge in [0, 0.05) is 42.8 Å². The molecule has 0 radical (unpaired) electrons. The topological polar surface area (TPSA) is 104 Å². The van der Waals surface area contributed by atoms with E-state index in [2.05, 4.69) is 64.5 Å². The molecular weight excluding hydrogens is 496 g/mol. The van der Waals surface area contributed by atoms with Crippen LogP contribution in [0, 0.1) is 17.8 Å². The highest BCUT2D eigenvalue weighted by molar-refractivity contribution is 7.80. The monoisotopic (exact) mass is 536 g/mol. The fourth-order valence-electron chi connectivity index (χ4n) is 4.67. The molecule has 2 N–H and O–H groups in total. The van der Waals surface area contributed by atoms with Crippen molar-refractivity contribution in [2.45, 2.75) is 53.5 Å². The lowest BCUT2D eigenvalue weighted by Gasteiger charge is -2.27. The van der Waals surface area contributed by atoms with E-state index in [0.717, 1.165) is 41.5 Å². The smallest absolute Gasteiger partial charge is 0.226 e. The molecule has 1 heterocycles. The maximum Gasteiger partial charge on any atom is 0.226 e. The summed E-state index contributed by atoms with van der Waals surface area (Å²) >= 11 is 4.36. The molecule has 0 spiro atoms. The summed E-state index contributed by atoms with van der Waals surface area (Å²) in [5.41, 5.74) is 3.97. The van der Waals surface area contributed by atoms with Crippen molar-refractivity contribution in [2.75, 3.05) is 18.8 Å². The van der Waals surface area contributed by atoms with E-state index in [-0.39, 0.29) is 23.7 Å². The van der Waals surface area contributed by atoms with Gasteiger partial charge in [0.1, 0.15) is 0 Å². The second kappa shape index (κ2) is 14.7. The summed E-state index contributed by atoms with van der Waals surface area (Å²) in [5, 5.41) is 17.5. The Hall–Kier alpha value is -3.20. The average Bonchev–Trinajstić information content (AvgIpc) is 3.47. The van der Waals surface area contributed by atoms with Crippen molar-refractivity contribution in [3.8, 4) is 22.5 Å². The van der Waals surface area contributed by atoms with Crippen LogP contribution in [0.15, 0.2) is 48.5 Å². The predicted molar refractivity (Wildman–Crippen MR) is 154 cm³/mol. The summed E-state index contributed by atoms with van der Waals surface area (Å²) in [5.74, 6) is 1.47. The van der Waals surface area contributed by atoms with E-state index in [4.69, 9.17) is 0 Å². The van der Waals surface area contributed by atoms with E-state index in [1.54, 1.807) is 0 Å². The van der Waals surface area contributed by atoms with Gasteiger partial charge in [-0.05, 0) is 47.1 Å². The van der Waals surface area contributed by atoms with Gasteiger partial charge in [-0.25, -0.2) is 0 Å². The van der Waals surface area contributed by atoms with Crippen LogP contribution in [0.3, 0.4) is 0 Å². The minimum atomic E-state index is -0.121. The zero-order chi connectivity index (χ0) is 27.5. The van der Waals surface area contributed by atoms with Crippen LogP contribution < -0.4 is 5.32 Å². The lowest BCUT2D eigenvalue weighted by atomic mass is 9.97. The van der Waals surface area contributed by atoms with Gasteiger partial charge in [0.05, 0.1) is 0 Å². The zero-order valence-corrected chi connectivity index (χ0v) is 23.7. The number of carbonyl (C=O) groups is 2. The van der Waals surface area contributed by atoms with E-state index in [0.29, 0.717) is 37.1 Å². The van der Waals surface area contributed by atoms with Crippen LogP contribution in [-0.4, -0.2) is 56.2 Å². The maximum absolute atomic E-state index is 13.4. The molecule has 0 fully saturated rings. The molecule has 1 aromatic heterocycles. The lowest BCUT2D eigenvalue weighted by molar-refractivity contribution is -0.136. The number of H-pyrrole nitrogens is 1. The molecule has 1 unspecified atom stereocenters. The van der Waals surface area contributed by atoms with Crippen LogP contribution in [0.4, 0.5) is 0 Å². The Morgan fingerprint density at radius 3 is 2.26 bits per heavy atom.